The molecule has 18 heavy (non-hydrogen) atoms. The van der Waals surface area contributed by atoms with Crippen molar-refractivity contribution in [2.75, 3.05) is 19.8 Å². The molecule has 0 saturated carbocycles. The summed E-state index contributed by atoms with van der Waals surface area (Å²) in [4.78, 5) is 10.2. The smallest absolute Gasteiger partial charge is 0.329 e. The molecule has 0 aromatic heterocycles. The Bertz CT molecular complexity index is 531. The van der Waals surface area contributed by atoms with E-state index >= 15 is 0 Å². The Hall–Kier alpha value is -2.07. The van der Waals surface area contributed by atoms with E-state index in [1.165, 1.54) is 0 Å². The molecule has 0 aliphatic carbocycles. The summed E-state index contributed by atoms with van der Waals surface area (Å²) in [6, 6.07) is 13.8. The maximum atomic E-state index is 10.2. The number of carboxylic acid groups (broad SMARTS) is 1. The third kappa shape index (κ3) is 3.21. The summed E-state index contributed by atoms with van der Waals surface area (Å²) < 4.78 is 10.5. The summed E-state index contributed by atoms with van der Waals surface area (Å²) in [6.07, 6.45) is 0. The van der Waals surface area contributed by atoms with E-state index in [1.54, 1.807) is 0 Å². The van der Waals surface area contributed by atoms with Gasteiger partial charge in [0.1, 0.15) is 19.0 Å². The molecule has 0 atom stereocenters. The Labute approximate surface area is 105 Å². The molecule has 0 fully saturated rings. The van der Waals surface area contributed by atoms with Gasteiger partial charge in [0, 0.05) is 5.39 Å². The van der Waals surface area contributed by atoms with Crippen molar-refractivity contribution in [2.24, 2.45) is 0 Å². The number of aliphatic carboxylic acids is 1. The third-order valence-electron chi connectivity index (χ3n) is 2.46. The lowest BCUT2D eigenvalue weighted by atomic mass is 10.1. The molecule has 0 amide bonds. The highest BCUT2D eigenvalue weighted by Crippen LogP contribution is 2.24. The van der Waals surface area contributed by atoms with Crippen LogP contribution < -0.4 is 4.74 Å². The molecule has 2 rings (SSSR count). The Morgan fingerprint density at radius 3 is 2.67 bits per heavy atom. The molecule has 94 valence electrons. The van der Waals surface area contributed by atoms with Crippen LogP contribution in [0.3, 0.4) is 0 Å². The fourth-order valence-corrected chi connectivity index (χ4v) is 1.69. The number of hydrogen-bond donors (Lipinski definition) is 1. The Morgan fingerprint density at radius 1 is 1.06 bits per heavy atom. The van der Waals surface area contributed by atoms with E-state index in [9.17, 15) is 4.79 Å². The predicted molar refractivity (Wildman–Crippen MR) is 67.9 cm³/mol. The van der Waals surface area contributed by atoms with E-state index in [0.717, 1.165) is 16.5 Å². The molecule has 0 radical (unpaired) electrons. The van der Waals surface area contributed by atoms with Crippen molar-refractivity contribution in [1.29, 1.82) is 0 Å². The second kappa shape index (κ2) is 6.02. The minimum absolute atomic E-state index is 0.259. The first-order valence-corrected chi connectivity index (χ1v) is 5.67. The summed E-state index contributed by atoms with van der Waals surface area (Å²) in [6.45, 7) is 0.301. The first kappa shape index (κ1) is 12.4. The summed E-state index contributed by atoms with van der Waals surface area (Å²) in [5.41, 5.74) is 0. The molecule has 0 heterocycles. The van der Waals surface area contributed by atoms with Gasteiger partial charge in [-0.15, -0.1) is 0 Å². The van der Waals surface area contributed by atoms with Gasteiger partial charge in [0.2, 0.25) is 0 Å². The van der Waals surface area contributed by atoms with Crippen LogP contribution in [0.25, 0.3) is 10.8 Å². The van der Waals surface area contributed by atoms with Crippen LogP contribution in [0, 0.1) is 0 Å². The van der Waals surface area contributed by atoms with Gasteiger partial charge in [0.05, 0.1) is 6.61 Å². The van der Waals surface area contributed by atoms with Gasteiger partial charge in [-0.2, -0.15) is 0 Å². The van der Waals surface area contributed by atoms with Crippen molar-refractivity contribution >= 4 is 16.7 Å². The van der Waals surface area contributed by atoms with Gasteiger partial charge in [0.25, 0.3) is 0 Å². The van der Waals surface area contributed by atoms with E-state index in [-0.39, 0.29) is 13.2 Å². The average Bonchev–Trinajstić information content (AvgIpc) is 2.38. The molecule has 0 unspecified atom stereocenters. The van der Waals surface area contributed by atoms with E-state index in [2.05, 4.69) is 0 Å². The second-order valence-corrected chi connectivity index (χ2v) is 3.77. The molecule has 0 spiro atoms. The van der Waals surface area contributed by atoms with Crippen molar-refractivity contribution in [3.05, 3.63) is 42.5 Å². The zero-order chi connectivity index (χ0) is 12.8. The SMILES string of the molecule is O=C(O)COCCOc1cccc2ccccc12. The molecular weight excluding hydrogens is 232 g/mol. The highest BCUT2D eigenvalue weighted by atomic mass is 16.5. The summed E-state index contributed by atoms with van der Waals surface area (Å²) in [7, 11) is 0. The van der Waals surface area contributed by atoms with Crippen LogP contribution in [0.2, 0.25) is 0 Å². The topological polar surface area (TPSA) is 55.8 Å². The molecule has 2 aromatic rings. The zero-order valence-corrected chi connectivity index (χ0v) is 9.83. The van der Waals surface area contributed by atoms with Gasteiger partial charge < -0.3 is 14.6 Å². The van der Waals surface area contributed by atoms with Gasteiger partial charge in [-0.05, 0) is 11.5 Å². The van der Waals surface area contributed by atoms with E-state index < -0.39 is 5.97 Å². The van der Waals surface area contributed by atoms with E-state index in [1.807, 2.05) is 42.5 Å². The lowest BCUT2D eigenvalue weighted by Gasteiger charge is -2.09. The van der Waals surface area contributed by atoms with Crippen molar-refractivity contribution in [2.45, 2.75) is 0 Å². The fourth-order valence-electron chi connectivity index (χ4n) is 1.69. The number of fused-ring (bicyclic) bond motifs is 1. The van der Waals surface area contributed by atoms with Crippen LogP contribution in [-0.4, -0.2) is 30.9 Å². The molecule has 2 aromatic carbocycles. The predicted octanol–water partition coefficient (Wildman–Crippen LogP) is 2.32. The molecule has 0 aliphatic heterocycles. The summed E-state index contributed by atoms with van der Waals surface area (Å²) in [5, 5.41) is 10.6. The van der Waals surface area contributed by atoms with Gasteiger partial charge in [0.15, 0.2) is 0 Å². The zero-order valence-electron chi connectivity index (χ0n) is 9.83. The molecule has 4 heteroatoms. The van der Waals surface area contributed by atoms with Crippen molar-refractivity contribution in [1.82, 2.24) is 0 Å². The lowest BCUT2D eigenvalue weighted by Crippen LogP contribution is -2.12. The van der Waals surface area contributed by atoms with Crippen LogP contribution >= 0.6 is 0 Å². The minimum Gasteiger partial charge on any atom is -0.491 e. The number of benzene rings is 2. The standard InChI is InChI=1S/C14H14O4/c15-14(16)10-17-8-9-18-13-7-3-5-11-4-1-2-6-12(11)13/h1-7H,8-10H2,(H,15,16). The van der Waals surface area contributed by atoms with Crippen LogP contribution in [-0.2, 0) is 9.53 Å². The van der Waals surface area contributed by atoms with Crippen molar-refractivity contribution in [3.63, 3.8) is 0 Å². The van der Waals surface area contributed by atoms with Crippen LogP contribution in [0.15, 0.2) is 42.5 Å². The number of rotatable bonds is 6. The third-order valence-corrected chi connectivity index (χ3v) is 2.46. The van der Waals surface area contributed by atoms with Crippen LogP contribution in [0.5, 0.6) is 5.75 Å². The van der Waals surface area contributed by atoms with Gasteiger partial charge in [-0.25, -0.2) is 4.79 Å². The Kier molecular flexibility index (Phi) is 4.15. The van der Waals surface area contributed by atoms with E-state index in [4.69, 9.17) is 14.6 Å². The number of carboxylic acids is 1. The average molecular weight is 246 g/mol. The molecule has 1 N–H and O–H groups in total. The molecule has 4 nitrogen and oxygen atoms in total. The van der Waals surface area contributed by atoms with E-state index in [0.29, 0.717) is 6.61 Å². The lowest BCUT2D eigenvalue weighted by molar-refractivity contribution is -0.142. The molecule has 0 bridgehead atoms. The van der Waals surface area contributed by atoms with Crippen molar-refractivity contribution in [3.8, 4) is 5.75 Å². The first-order valence-electron chi connectivity index (χ1n) is 5.67. The second-order valence-electron chi connectivity index (χ2n) is 3.77. The fraction of sp³-hybridized carbons (Fsp3) is 0.214. The minimum atomic E-state index is -0.972. The van der Waals surface area contributed by atoms with Gasteiger partial charge in [-0.1, -0.05) is 36.4 Å². The largest absolute Gasteiger partial charge is 0.491 e. The molecule has 0 saturated heterocycles. The monoisotopic (exact) mass is 246 g/mol. The summed E-state index contributed by atoms with van der Waals surface area (Å²) in [5.74, 6) is -0.188. The Morgan fingerprint density at radius 2 is 1.83 bits per heavy atom. The number of hydrogen-bond acceptors (Lipinski definition) is 3. The molecule has 0 aliphatic rings. The maximum absolute atomic E-state index is 10.2. The van der Waals surface area contributed by atoms with Crippen molar-refractivity contribution < 1.29 is 19.4 Å². The highest BCUT2D eigenvalue weighted by molar-refractivity contribution is 5.88. The number of ether oxygens (including phenoxy) is 2. The molecular formula is C14H14O4. The quantitative estimate of drug-likeness (QED) is 0.795. The van der Waals surface area contributed by atoms with Crippen LogP contribution in [0.4, 0.5) is 0 Å². The van der Waals surface area contributed by atoms with Gasteiger partial charge >= 0.3 is 5.97 Å². The highest BCUT2D eigenvalue weighted by Gasteiger charge is 2.01. The summed E-state index contributed by atoms with van der Waals surface area (Å²) >= 11 is 0. The normalized spacial score (nSPS) is 10.4. The number of carbonyl (C=O) groups is 1. The maximum Gasteiger partial charge on any atom is 0.329 e. The Balaban J connectivity index is 1.93. The van der Waals surface area contributed by atoms with Crippen LogP contribution in [0.1, 0.15) is 0 Å². The first-order chi connectivity index (χ1) is 8.77. The van der Waals surface area contributed by atoms with Gasteiger partial charge in [-0.3, -0.25) is 0 Å².